The lowest BCUT2D eigenvalue weighted by molar-refractivity contribution is 0.374. The van der Waals surface area contributed by atoms with Crippen LogP contribution in [0.3, 0.4) is 0 Å². The summed E-state index contributed by atoms with van der Waals surface area (Å²) >= 11 is 0. The highest BCUT2D eigenvalue weighted by Crippen LogP contribution is 2.09. The minimum Gasteiger partial charge on any atom is -0.359 e. The summed E-state index contributed by atoms with van der Waals surface area (Å²) in [5.74, 6) is 2.48. The van der Waals surface area contributed by atoms with Gasteiger partial charge in [0.2, 0.25) is 0 Å². The maximum Gasteiger partial charge on any atom is 0.191 e. The average Bonchev–Trinajstić information content (AvgIpc) is 2.97. The molecule has 1 rings (SSSR count). The van der Waals surface area contributed by atoms with Crippen LogP contribution in [0.15, 0.2) is 15.6 Å². The Bertz CT molecular complexity index is 426. The average molecular weight is 308 g/mol. The molecule has 0 fully saturated rings. The number of nitrogens with one attached hydrogen (secondary N) is 2. The second-order valence-electron chi connectivity index (χ2n) is 6.09. The lowest BCUT2D eigenvalue weighted by Gasteiger charge is -2.10. The molecule has 5 nitrogen and oxygen atoms in total. The Morgan fingerprint density at radius 1 is 1.23 bits per heavy atom. The molecular weight excluding hydrogens is 276 g/mol. The molecule has 0 atom stereocenters. The summed E-state index contributed by atoms with van der Waals surface area (Å²) in [5, 5.41) is 10.6. The normalized spacial score (nSPS) is 12.0. The number of hydrogen-bond donors (Lipinski definition) is 2. The van der Waals surface area contributed by atoms with Crippen LogP contribution >= 0.6 is 0 Å². The molecule has 0 bridgehead atoms. The van der Waals surface area contributed by atoms with Crippen molar-refractivity contribution < 1.29 is 4.52 Å². The van der Waals surface area contributed by atoms with Crippen molar-refractivity contribution in [2.45, 2.75) is 65.8 Å². The van der Waals surface area contributed by atoms with Gasteiger partial charge in [-0.2, -0.15) is 0 Å². The number of aryl methyl sites for hydroxylation is 1. The first-order chi connectivity index (χ1) is 10.7. The molecule has 1 heterocycles. The zero-order valence-corrected chi connectivity index (χ0v) is 14.6. The number of hydrogen-bond acceptors (Lipinski definition) is 3. The van der Waals surface area contributed by atoms with E-state index >= 15 is 0 Å². The molecule has 0 spiro atoms. The molecule has 0 unspecified atom stereocenters. The highest BCUT2D eigenvalue weighted by molar-refractivity contribution is 5.79. The number of guanidine groups is 1. The fourth-order valence-electron chi connectivity index (χ4n) is 2.24. The van der Waals surface area contributed by atoms with Crippen LogP contribution in [0.5, 0.6) is 0 Å². The van der Waals surface area contributed by atoms with E-state index in [1.807, 2.05) is 6.07 Å². The largest absolute Gasteiger partial charge is 0.359 e. The smallest absolute Gasteiger partial charge is 0.191 e. The Kier molecular flexibility index (Phi) is 9.35. The molecular formula is C17H32N4O. The SMILES string of the molecule is CCc1cc(CNC(=NC)NCCCCCCC(C)C)on1. The first-order valence-electron chi connectivity index (χ1n) is 8.54. The van der Waals surface area contributed by atoms with Crippen LogP contribution in [0.2, 0.25) is 0 Å². The number of aliphatic imine (C=N–C) groups is 1. The van der Waals surface area contributed by atoms with Gasteiger partial charge in [0, 0.05) is 19.7 Å². The lowest BCUT2D eigenvalue weighted by Crippen LogP contribution is -2.37. The molecule has 2 N–H and O–H groups in total. The molecule has 0 aliphatic carbocycles. The molecule has 0 saturated carbocycles. The molecule has 0 amide bonds. The van der Waals surface area contributed by atoms with Crippen LogP contribution < -0.4 is 10.6 Å². The van der Waals surface area contributed by atoms with Crippen LogP contribution in [-0.4, -0.2) is 24.7 Å². The standard InChI is InChI=1S/C17H32N4O/c1-5-15-12-16(22-21-15)13-20-17(18-4)19-11-9-7-6-8-10-14(2)3/h12,14H,5-11,13H2,1-4H3,(H2,18,19,20). The topological polar surface area (TPSA) is 62.5 Å². The molecule has 0 saturated heterocycles. The van der Waals surface area contributed by atoms with E-state index < -0.39 is 0 Å². The molecule has 126 valence electrons. The third-order valence-electron chi connectivity index (χ3n) is 3.62. The molecule has 0 aliphatic heterocycles. The number of aromatic nitrogens is 1. The Morgan fingerprint density at radius 3 is 2.64 bits per heavy atom. The summed E-state index contributed by atoms with van der Waals surface area (Å²) in [6.07, 6.45) is 7.36. The van der Waals surface area contributed by atoms with E-state index in [0.29, 0.717) is 6.54 Å². The number of unbranched alkanes of at least 4 members (excludes halogenated alkanes) is 3. The van der Waals surface area contributed by atoms with Crippen LogP contribution in [0.25, 0.3) is 0 Å². The van der Waals surface area contributed by atoms with Crippen molar-refractivity contribution in [3.8, 4) is 0 Å². The Balaban J connectivity index is 2.10. The van der Waals surface area contributed by atoms with Crippen molar-refractivity contribution in [2.75, 3.05) is 13.6 Å². The summed E-state index contributed by atoms with van der Waals surface area (Å²) in [6, 6.07) is 1.98. The molecule has 22 heavy (non-hydrogen) atoms. The first kappa shape index (κ1) is 18.5. The zero-order chi connectivity index (χ0) is 16.2. The van der Waals surface area contributed by atoms with Gasteiger partial charge < -0.3 is 15.2 Å². The minimum absolute atomic E-state index is 0.612. The second-order valence-corrected chi connectivity index (χ2v) is 6.09. The summed E-state index contributed by atoms with van der Waals surface area (Å²) in [6.45, 7) is 8.21. The van der Waals surface area contributed by atoms with Crippen LogP contribution in [0.1, 0.15) is 64.3 Å². The predicted molar refractivity (Wildman–Crippen MR) is 92.0 cm³/mol. The monoisotopic (exact) mass is 308 g/mol. The van der Waals surface area contributed by atoms with Crippen molar-refractivity contribution >= 4 is 5.96 Å². The second kappa shape index (κ2) is 11.1. The maximum absolute atomic E-state index is 5.24. The molecule has 1 aromatic heterocycles. The molecule has 0 radical (unpaired) electrons. The van der Waals surface area contributed by atoms with E-state index in [2.05, 4.69) is 41.6 Å². The van der Waals surface area contributed by atoms with Gasteiger partial charge in [-0.3, -0.25) is 4.99 Å². The van der Waals surface area contributed by atoms with E-state index in [1.54, 1.807) is 7.05 Å². The molecule has 5 heteroatoms. The van der Waals surface area contributed by atoms with Crippen molar-refractivity contribution in [3.05, 3.63) is 17.5 Å². The first-order valence-corrected chi connectivity index (χ1v) is 8.54. The molecule has 0 aromatic carbocycles. The van der Waals surface area contributed by atoms with Gasteiger partial charge in [-0.1, -0.05) is 51.6 Å². The van der Waals surface area contributed by atoms with Gasteiger partial charge in [-0.15, -0.1) is 0 Å². The Labute approximate surface area is 135 Å². The van der Waals surface area contributed by atoms with Crippen molar-refractivity contribution in [1.29, 1.82) is 0 Å². The van der Waals surface area contributed by atoms with E-state index in [9.17, 15) is 0 Å². The summed E-state index contributed by atoms with van der Waals surface area (Å²) in [7, 11) is 1.79. The summed E-state index contributed by atoms with van der Waals surface area (Å²) in [4.78, 5) is 4.22. The third kappa shape index (κ3) is 8.05. The van der Waals surface area contributed by atoms with E-state index in [4.69, 9.17) is 4.52 Å². The highest BCUT2D eigenvalue weighted by Gasteiger charge is 2.03. The number of rotatable bonds is 10. The quantitative estimate of drug-likeness (QED) is 0.394. The summed E-state index contributed by atoms with van der Waals surface area (Å²) in [5.41, 5.74) is 0.987. The molecule has 1 aromatic rings. The van der Waals surface area contributed by atoms with Gasteiger partial charge >= 0.3 is 0 Å². The van der Waals surface area contributed by atoms with Gasteiger partial charge in [-0.05, 0) is 18.8 Å². The maximum atomic E-state index is 5.24. The fourth-order valence-corrected chi connectivity index (χ4v) is 2.24. The van der Waals surface area contributed by atoms with Crippen LogP contribution in [-0.2, 0) is 13.0 Å². The summed E-state index contributed by atoms with van der Waals surface area (Å²) < 4.78 is 5.24. The third-order valence-corrected chi connectivity index (χ3v) is 3.62. The van der Waals surface area contributed by atoms with Crippen LogP contribution in [0.4, 0.5) is 0 Å². The fraction of sp³-hybridized carbons (Fsp3) is 0.765. The van der Waals surface area contributed by atoms with Gasteiger partial charge in [0.15, 0.2) is 11.7 Å². The van der Waals surface area contributed by atoms with Gasteiger partial charge in [0.1, 0.15) is 0 Å². The Hall–Kier alpha value is -1.52. The van der Waals surface area contributed by atoms with E-state index in [1.165, 1.54) is 32.1 Å². The van der Waals surface area contributed by atoms with Gasteiger partial charge in [0.05, 0.1) is 12.2 Å². The van der Waals surface area contributed by atoms with E-state index in [-0.39, 0.29) is 0 Å². The van der Waals surface area contributed by atoms with Crippen molar-refractivity contribution in [3.63, 3.8) is 0 Å². The minimum atomic E-state index is 0.612. The van der Waals surface area contributed by atoms with Crippen molar-refractivity contribution in [1.82, 2.24) is 15.8 Å². The predicted octanol–water partition coefficient (Wildman–Crippen LogP) is 3.51. The van der Waals surface area contributed by atoms with Crippen molar-refractivity contribution in [2.24, 2.45) is 10.9 Å². The molecule has 0 aliphatic rings. The van der Waals surface area contributed by atoms with Crippen LogP contribution in [0, 0.1) is 5.92 Å². The van der Waals surface area contributed by atoms with E-state index in [0.717, 1.165) is 36.3 Å². The number of nitrogens with zero attached hydrogens (tertiary/aromatic N) is 2. The van der Waals surface area contributed by atoms with Gasteiger partial charge in [-0.25, -0.2) is 0 Å². The highest BCUT2D eigenvalue weighted by atomic mass is 16.5. The Morgan fingerprint density at radius 2 is 2.00 bits per heavy atom. The van der Waals surface area contributed by atoms with Gasteiger partial charge in [0.25, 0.3) is 0 Å². The lowest BCUT2D eigenvalue weighted by atomic mass is 10.0. The zero-order valence-electron chi connectivity index (χ0n) is 14.6.